The number of hydrogen-bond acceptors (Lipinski definition) is 4. The smallest absolute Gasteiger partial charge is 0.373 e. The second-order valence-corrected chi connectivity index (χ2v) is 4.44. The fourth-order valence-electron chi connectivity index (χ4n) is 1.91. The van der Waals surface area contributed by atoms with Crippen LogP contribution in [-0.4, -0.2) is 20.1 Å². The maximum absolute atomic E-state index is 13.5. The number of halogens is 2. The number of benzene rings is 1. The Morgan fingerprint density at radius 1 is 1.40 bits per heavy atom. The Hall–Kier alpha value is -1.85. The first kappa shape index (κ1) is 14.6. The van der Waals surface area contributed by atoms with Crippen LogP contribution in [0.2, 0.25) is 5.02 Å². The number of furan rings is 1. The van der Waals surface area contributed by atoms with Crippen molar-refractivity contribution in [3.63, 3.8) is 0 Å². The van der Waals surface area contributed by atoms with Gasteiger partial charge in [0.1, 0.15) is 11.6 Å². The van der Waals surface area contributed by atoms with E-state index in [2.05, 4.69) is 10.1 Å². The maximum Gasteiger partial charge on any atom is 0.373 e. The molecule has 0 amide bonds. The van der Waals surface area contributed by atoms with Crippen LogP contribution in [0.15, 0.2) is 34.7 Å². The molecule has 6 heteroatoms. The van der Waals surface area contributed by atoms with Gasteiger partial charge in [-0.05, 0) is 30.8 Å². The van der Waals surface area contributed by atoms with Crippen molar-refractivity contribution >= 4 is 17.6 Å². The number of esters is 1. The van der Waals surface area contributed by atoms with Crippen LogP contribution in [-0.2, 0) is 4.74 Å². The first-order chi connectivity index (χ1) is 9.58. The molecule has 0 radical (unpaired) electrons. The molecule has 0 saturated heterocycles. The van der Waals surface area contributed by atoms with E-state index >= 15 is 0 Å². The zero-order chi connectivity index (χ0) is 14.7. The molecule has 1 aromatic carbocycles. The summed E-state index contributed by atoms with van der Waals surface area (Å²) in [7, 11) is 2.95. The predicted molar refractivity (Wildman–Crippen MR) is 72.4 cm³/mol. The van der Waals surface area contributed by atoms with Gasteiger partial charge >= 0.3 is 5.97 Å². The van der Waals surface area contributed by atoms with E-state index in [9.17, 15) is 9.18 Å². The van der Waals surface area contributed by atoms with Gasteiger partial charge in [-0.25, -0.2) is 9.18 Å². The number of rotatable bonds is 4. The van der Waals surface area contributed by atoms with E-state index < -0.39 is 17.8 Å². The van der Waals surface area contributed by atoms with Crippen molar-refractivity contribution in [1.29, 1.82) is 0 Å². The molecule has 1 heterocycles. The van der Waals surface area contributed by atoms with Gasteiger partial charge < -0.3 is 14.5 Å². The quantitative estimate of drug-likeness (QED) is 0.881. The molecular formula is C14H13ClFNO3. The van der Waals surface area contributed by atoms with Crippen molar-refractivity contribution in [2.24, 2.45) is 0 Å². The van der Waals surface area contributed by atoms with Crippen LogP contribution in [0.1, 0.15) is 27.9 Å². The van der Waals surface area contributed by atoms with Crippen molar-refractivity contribution in [3.8, 4) is 0 Å². The first-order valence-corrected chi connectivity index (χ1v) is 6.25. The van der Waals surface area contributed by atoms with E-state index in [1.54, 1.807) is 25.2 Å². The summed E-state index contributed by atoms with van der Waals surface area (Å²) in [4.78, 5) is 11.4. The summed E-state index contributed by atoms with van der Waals surface area (Å²) in [6.45, 7) is 0. The Kier molecular flexibility index (Phi) is 4.42. The molecule has 0 bridgehead atoms. The standard InChI is InChI=1S/C14H13ClFNO3/c1-17-13(8-4-3-5-9(16)12(8)15)10-6-7-11(20-10)14(18)19-2/h3-7,13,17H,1-2H3. The maximum atomic E-state index is 13.5. The lowest BCUT2D eigenvalue weighted by Crippen LogP contribution is -2.17. The highest BCUT2D eigenvalue weighted by Gasteiger charge is 2.22. The number of methoxy groups -OCH3 is 1. The SMILES string of the molecule is CNC(c1ccc(C(=O)OC)o1)c1cccc(F)c1Cl. The van der Waals surface area contributed by atoms with E-state index in [0.717, 1.165) is 0 Å². The molecule has 2 rings (SSSR count). The normalized spacial score (nSPS) is 12.2. The third-order valence-electron chi connectivity index (χ3n) is 2.88. The lowest BCUT2D eigenvalue weighted by Gasteiger charge is -2.15. The summed E-state index contributed by atoms with van der Waals surface area (Å²) in [5.74, 6) is -0.559. The van der Waals surface area contributed by atoms with Crippen molar-refractivity contribution in [3.05, 3.63) is 58.3 Å². The Morgan fingerprint density at radius 3 is 2.80 bits per heavy atom. The highest BCUT2D eigenvalue weighted by atomic mass is 35.5. The van der Waals surface area contributed by atoms with E-state index in [1.165, 1.54) is 19.2 Å². The molecule has 1 atom stereocenters. The van der Waals surface area contributed by atoms with Gasteiger partial charge in [0.05, 0.1) is 18.2 Å². The molecule has 106 valence electrons. The lowest BCUT2D eigenvalue weighted by molar-refractivity contribution is 0.0562. The minimum Gasteiger partial charge on any atom is -0.463 e. The van der Waals surface area contributed by atoms with E-state index in [0.29, 0.717) is 11.3 Å². The summed E-state index contributed by atoms with van der Waals surface area (Å²) in [5, 5.41) is 2.99. The summed E-state index contributed by atoms with van der Waals surface area (Å²) < 4.78 is 23.5. The van der Waals surface area contributed by atoms with E-state index in [-0.39, 0.29) is 10.8 Å². The Balaban J connectivity index is 2.40. The minimum absolute atomic E-state index is 0.0165. The summed E-state index contributed by atoms with van der Waals surface area (Å²) >= 11 is 5.96. The van der Waals surface area contributed by atoms with Crippen molar-refractivity contribution in [2.45, 2.75) is 6.04 Å². The highest BCUT2D eigenvalue weighted by Crippen LogP contribution is 2.30. The van der Waals surface area contributed by atoms with Crippen LogP contribution >= 0.6 is 11.6 Å². The van der Waals surface area contributed by atoms with Crippen LogP contribution < -0.4 is 5.32 Å². The molecule has 0 fully saturated rings. The van der Waals surface area contributed by atoms with Crippen LogP contribution in [0.4, 0.5) is 4.39 Å². The van der Waals surface area contributed by atoms with Gasteiger partial charge in [0, 0.05) is 0 Å². The number of carbonyl (C=O) groups is 1. The molecule has 20 heavy (non-hydrogen) atoms. The first-order valence-electron chi connectivity index (χ1n) is 5.87. The summed E-state index contributed by atoms with van der Waals surface area (Å²) in [5.41, 5.74) is 0.528. The molecular weight excluding hydrogens is 285 g/mol. The fraction of sp³-hybridized carbons (Fsp3) is 0.214. The molecule has 0 spiro atoms. The number of ether oxygens (including phenoxy) is 1. The monoisotopic (exact) mass is 297 g/mol. The molecule has 2 aromatic rings. The number of hydrogen-bond donors (Lipinski definition) is 1. The zero-order valence-electron chi connectivity index (χ0n) is 10.9. The summed E-state index contributed by atoms with van der Waals surface area (Å²) in [6, 6.07) is 7.18. The van der Waals surface area contributed by atoms with Crippen LogP contribution in [0.5, 0.6) is 0 Å². The highest BCUT2D eigenvalue weighted by molar-refractivity contribution is 6.31. The van der Waals surface area contributed by atoms with Gasteiger partial charge in [-0.3, -0.25) is 0 Å². The van der Waals surface area contributed by atoms with Crippen molar-refractivity contribution in [1.82, 2.24) is 5.32 Å². The molecule has 1 N–H and O–H groups in total. The number of nitrogens with one attached hydrogen (secondary N) is 1. The Morgan fingerprint density at radius 2 is 2.15 bits per heavy atom. The van der Waals surface area contributed by atoms with Crippen molar-refractivity contribution < 1.29 is 18.3 Å². The molecule has 0 aliphatic carbocycles. The van der Waals surface area contributed by atoms with E-state index in [4.69, 9.17) is 16.0 Å². The third kappa shape index (κ3) is 2.69. The average Bonchev–Trinajstić information content (AvgIpc) is 2.93. The van der Waals surface area contributed by atoms with Crippen LogP contribution in [0.25, 0.3) is 0 Å². The second kappa shape index (κ2) is 6.07. The van der Waals surface area contributed by atoms with Gasteiger partial charge in [0.15, 0.2) is 0 Å². The fourth-order valence-corrected chi connectivity index (χ4v) is 2.15. The van der Waals surface area contributed by atoms with Gasteiger partial charge in [-0.1, -0.05) is 23.7 Å². The molecule has 0 aliphatic rings. The lowest BCUT2D eigenvalue weighted by atomic mass is 10.0. The summed E-state index contributed by atoms with van der Waals surface area (Å²) in [6.07, 6.45) is 0. The molecule has 1 aromatic heterocycles. The third-order valence-corrected chi connectivity index (χ3v) is 3.28. The average molecular weight is 298 g/mol. The van der Waals surface area contributed by atoms with Crippen LogP contribution in [0, 0.1) is 5.82 Å². The topological polar surface area (TPSA) is 51.5 Å². The van der Waals surface area contributed by atoms with Gasteiger partial charge in [-0.2, -0.15) is 0 Å². The molecule has 1 unspecified atom stereocenters. The van der Waals surface area contributed by atoms with E-state index in [1.807, 2.05) is 0 Å². The van der Waals surface area contributed by atoms with Gasteiger partial charge in [0.25, 0.3) is 0 Å². The Labute approximate surface area is 120 Å². The van der Waals surface area contributed by atoms with Crippen molar-refractivity contribution in [2.75, 3.05) is 14.2 Å². The number of carbonyl (C=O) groups excluding carboxylic acids is 1. The van der Waals surface area contributed by atoms with Gasteiger partial charge in [-0.15, -0.1) is 0 Å². The zero-order valence-corrected chi connectivity index (χ0v) is 11.7. The van der Waals surface area contributed by atoms with Gasteiger partial charge in [0.2, 0.25) is 5.76 Å². The second-order valence-electron chi connectivity index (χ2n) is 4.06. The molecule has 0 saturated carbocycles. The predicted octanol–water partition coefficient (Wildman–Crippen LogP) is 3.17. The Bertz CT molecular complexity index is 627. The largest absolute Gasteiger partial charge is 0.463 e. The minimum atomic E-state index is -0.573. The van der Waals surface area contributed by atoms with Crippen LogP contribution in [0.3, 0.4) is 0 Å². The molecule has 4 nitrogen and oxygen atoms in total. The molecule has 0 aliphatic heterocycles.